The van der Waals surface area contributed by atoms with Crippen molar-refractivity contribution in [3.8, 4) is 17.2 Å². The van der Waals surface area contributed by atoms with Crippen LogP contribution in [0.3, 0.4) is 0 Å². The van der Waals surface area contributed by atoms with Gasteiger partial charge in [0.1, 0.15) is 17.1 Å². The second kappa shape index (κ2) is 6.53. The first-order chi connectivity index (χ1) is 15.2. The largest absolute Gasteiger partial charge is 0.436 e. The molecule has 0 saturated heterocycles. The normalized spacial score (nSPS) is 14.9. The predicted octanol–water partition coefficient (Wildman–Crippen LogP) is 5.43. The molecule has 1 aliphatic heterocycles. The van der Waals surface area contributed by atoms with Crippen LogP contribution in [-0.2, 0) is 4.79 Å². The average Bonchev–Trinajstić information content (AvgIpc) is 3.35. The standard InChI is InChI=1S/C25H13NO5/c27-22-18-10-15-8-4-5-9-16(15)11-20(18)31-25(28)19(22)12-17-13-21-24(29-17)26-23(30-21)14-6-2-1-3-7-14/h1-13H/b19-12-. The van der Waals surface area contributed by atoms with Crippen molar-refractivity contribution in [3.63, 3.8) is 0 Å². The van der Waals surface area contributed by atoms with E-state index in [4.69, 9.17) is 13.6 Å². The van der Waals surface area contributed by atoms with Crippen molar-refractivity contribution in [2.75, 3.05) is 0 Å². The molecule has 3 heterocycles. The maximum absolute atomic E-state index is 13.0. The number of Topliss-reactive ketones (excluding diaryl/α,β-unsaturated/α-hetero) is 1. The summed E-state index contributed by atoms with van der Waals surface area (Å²) in [7, 11) is 0. The molecular weight excluding hydrogens is 394 g/mol. The lowest BCUT2D eigenvalue weighted by atomic mass is 9.96. The SMILES string of the molecule is O=C1Oc2cc3ccccc3cc2C(=O)/C1=C/c1cc2oc(-c3ccccc3)nc2o1. The monoisotopic (exact) mass is 407 g/mol. The number of ether oxygens (including phenoxy) is 1. The van der Waals surface area contributed by atoms with E-state index in [9.17, 15) is 9.59 Å². The highest BCUT2D eigenvalue weighted by Crippen LogP contribution is 2.34. The zero-order valence-corrected chi connectivity index (χ0v) is 16.0. The molecule has 0 radical (unpaired) electrons. The van der Waals surface area contributed by atoms with Crippen LogP contribution in [0.25, 0.3) is 39.6 Å². The fourth-order valence-electron chi connectivity index (χ4n) is 3.67. The number of benzene rings is 3. The number of esters is 1. The highest BCUT2D eigenvalue weighted by Gasteiger charge is 2.31. The third-order valence-corrected chi connectivity index (χ3v) is 5.18. The van der Waals surface area contributed by atoms with E-state index >= 15 is 0 Å². The molecule has 3 aromatic carbocycles. The van der Waals surface area contributed by atoms with Crippen molar-refractivity contribution in [2.24, 2.45) is 0 Å². The Balaban J connectivity index is 1.38. The smallest absolute Gasteiger partial charge is 0.347 e. The summed E-state index contributed by atoms with van der Waals surface area (Å²) in [4.78, 5) is 29.9. The van der Waals surface area contributed by atoms with Gasteiger partial charge in [-0.15, -0.1) is 0 Å². The molecule has 0 fully saturated rings. The summed E-state index contributed by atoms with van der Waals surface area (Å²) in [5, 5.41) is 1.78. The van der Waals surface area contributed by atoms with Crippen LogP contribution in [-0.4, -0.2) is 16.7 Å². The Bertz CT molecular complexity index is 1510. The number of aromatic nitrogens is 1. The van der Waals surface area contributed by atoms with Crippen molar-refractivity contribution in [3.05, 3.63) is 89.7 Å². The molecule has 0 bridgehead atoms. The highest BCUT2D eigenvalue weighted by molar-refractivity contribution is 6.30. The quantitative estimate of drug-likeness (QED) is 0.168. The van der Waals surface area contributed by atoms with E-state index in [0.717, 1.165) is 16.3 Å². The fraction of sp³-hybridized carbons (Fsp3) is 0. The van der Waals surface area contributed by atoms with E-state index in [0.29, 0.717) is 17.0 Å². The van der Waals surface area contributed by atoms with E-state index < -0.39 is 11.8 Å². The van der Waals surface area contributed by atoms with E-state index in [1.807, 2.05) is 54.6 Å². The molecular formula is C25H13NO5. The van der Waals surface area contributed by atoms with Gasteiger partial charge in [0.25, 0.3) is 5.71 Å². The first-order valence-corrected chi connectivity index (χ1v) is 9.63. The van der Waals surface area contributed by atoms with Gasteiger partial charge in [-0.05, 0) is 41.1 Å². The number of oxazole rings is 1. The van der Waals surface area contributed by atoms with E-state index in [1.165, 1.54) is 6.08 Å². The lowest BCUT2D eigenvalue weighted by Gasteiger charge is -2.17. The first kappa shape index (κ1) is 17.4. The molecule has 0 atom stereocenters. The van der Waals surface area contributed by atoms with Gasteiger partial charge in [0.2, 0.25) is 11.7 Å². The Morgan fingerprint density at radius 2 is 1.55 bits per heavy atom. The summed E-state index contributed by atoms with van der Waals surface area (Å²) in [6, 6.07) is 22.0. The molecule has 31 heavy (non-hydrogen) atoms. The van der Waals surface area contributed by atoms with Gasteiger partial charge < -0.3 is 13.6 Å². The predicted molar refractivity (Wildman–Crippen MR) is 114 cm³/mol. The Labute approximate surface area is 175 Å². The minimum Gasteiger partial charge on any atom is -0.436 e. The molecule has 0 aliphatic carbocycles. The lowest BCUT2D eigenvalue weighted by molar-refractivity contribution is -0.130. The van der Waals surface area contributed by atoms with Gasteiger partial charge in [-0.2, -0.15) is 4.98 Å². The molecule has 5 aromatic rings. The van der Waals surface area contributed by atoms with Gasteiger partial charge in [0.05, 0.1) is 5.56 Å². The Hall–Kier alpha value is -4.45. The topological polar surface area (TPSA) is 82.5 Å². The van der Waals surface area contributed by atoms with Crippen molar-refractivity contribution < 1.29 is 23.2 Å². The Kier molecular flexibility index (Phi) is 3.67. The molecule has 6 rings (SSSR count). The number of carbonyl (C=O) groups excluding carboxylic acids is 2. The molecule has 1 aliphatic rings. The van der Waals surface area contributed by atoms with Gasteiger partial charge in [0.15, 0.2) is 5.58 Å². The van der Waals surface area contributed by atoms with Crippen molar-refractivity contribution in [1.29, 1.82) is 0 Å². The minimum absolute atomic E-state index is 0.109. The molecule has 0 saturated carbocycles. The van der Waals surface area contributed by atoms with Gasteiger partial charge >= 0.3 is 5.97 Å². The van der Waals surface area contributed by atoms with Gasteiger partial charge in [0, 0.05) is 11.6 Å². The number of rotatable bonds is 2. The first-order valence-electron chi connectivity index (χ1n) is 9.63. The van der Waals surface area contributed by atoms with Crippen LogP contribution in [0.5, 0.6) is 5.75 Å². The number of ketones is 1. The zero-order valence-electron chi connectivity index (χ0n) is 16.0. The number of carbonyl (C=O) groups is 2. The third kappa shape index (κ3) is 2.85. The number of hydrogen-bond donors (Lipinski definition) is 0. The van der Waals surface area contributed by atoms with E-state index in [2.05, 4.69) is 4.98 Å². The lowest BCUT2D eigenvalue weighted by Crippen LogP contribution is -2.25. The minimum atomic E-state index is -0.723. The van der Waals surface area contributed by atoms with Gasteiger partial charge in [-0.3, -0.25) is 4.79 Å². The summed E-state index contributed by atoms with van der Waals surface area (Å²) in [6.07, 6.45) is 1.36. The number of furan rings is 1. The van der Waals surface area contributed by atoms with Crippen LogP contribution in [0, 0.1) is 0 Å². The Morgan fingerprint density at radius 3 is 2.32 bits per heavy atom. The van der Waals surface area contributed by atoms with Gasteiger partial charge in [-0.25, -0.2) is 4.79 Å². The molecule has 2 aromatic heterocycles. The van der Waals surface area contributed by atoms with E-state index in [-0.39, 0.29) is 22.8 Å². The second-order valence-electron chi connectivity index (χ2n) is 7.18. The Morgan fingerprint density at radius 1 is 0.806 bits per heavy atom. The number of hydrogen-bond acceptors (Lipinski definition) is 6. The summed E-state index contributed by atoms with van der Waals surface area (Å²) in [6.45, 7) is 0. The van der Waals surface area contributed by atoms with Crippen molar-refractivity contribution in [1.82, 2.24) is 4.98 Å². The van der Waals surface area contributed by atoms with Gasteiger partial charge in [-0.1, -0.05) is 42.5 Å². The zero-order chi connectivity index (χ0) is 20.9. The molecule has 0 unspecified atom stereocenters. The molecule has 148 valence electrons. The van der Waals surface area contributed by atoms with E-state index in [1.54, 1.807) is 18.2 Å². The summed E-state index contributed by atoms with van der Waals surface area (Å²) in [5.74, 6) is -0.164. The second-order valence-corrected chi connectivity index (χ2v) is 7.18. The van der Waals surface area contributed by atoms with Crippen molar-refractivity contribution in [2.45, 2.75) is 0 Å². The summed E-state index contributed by atoms with van der Waals surface area (Å²) in [5.41, 5.74) is 1.76. The number of fused-ring (bicyclic) bond motifs is 3. The van der Waals surface area contributed by atoms with Crippen LogP contribution < -0.4 is 4.74 Å². The van der Waals surface area contributed by atoms with Crippen LogP contribution >= 0.6 is 0 Å². The molecule has 6 nitrogen and oxygen atoms in total. The number of nitrogens with zero attached hydrogens (tertiary/aromatic N) is 1. The van der Waals surface area contributed by atoms with Crippen molar-refractivity contribution >= 4 is 39.9 Å². The maximum Gasteiger partial charge on any atom is 0.347 e. The van der Waals surface area contributed by atoms with Crippen LogP contribution in [0.2, 0.25) is 0 Å². The summed E-state index contributed by atoms with van der Waals surface area (Å²) >= 11 is 0. The molecule has 6 heteroatoms. The molecule has 0 spiro atoms. The average molecular weight is 407 g/mol. The van der Waals surface area contributed by atoms with Crippen LogP contribution in [0.1, 0.15) is 16.1 Å². The maximum atomic E-state index is 13.0. The molecule has 0 amide bonds. The third-order valence-electron chi connectivity index (χ3n) is 5.18. The van der Waals surface area contributed by atoms with Crippen LogP contribution in [0.4, 0.5) is 0 Å². The highest BCUT2D eigenvalue weighted by atomic mass is 16.5. The summed E-state index contributed by atoms with van der Waals surface area (Å²) < 4.78 is 16.9. The fourth-order valence-corrected chi connectivity index (χ4v) is 3.67. The van der Waals surface area contributed by atoms with Crippen LogP contribution in [0.15, 0.2) is 87.2 Å². The molecule has 0 N–H and O–H groups in total.